The van der Waals surface area contributed by atoms with Crippen molar-refractivity contribution in [2.24, 2.45) is 0 Å². The van der Waals surface area contributed by atoms with Crippen molar-refractivity contribution in [2.75, 3.05) is 32.0 Å². The van der Waals surface area contributed by atoms with Crippen molar-refractivity contribution in [3.8, 4) is 0 Å². The van der Waals surface area contributed by atoms with Gasteiger partial charge in [-0.05, 0) is 52.4 Å². The first kappa shape index (κ1) is 15.8. The second-order valence-corrected chi connectivity index (χ2v) is 6.15. The average molecular weight is 289 g/mol. The molecule has 0 spiro atoms. The van der Waals surface area contributed by atoms with E-state index in [4.69, 9.17) is 0 Å². The van der Waals surface area contributed by atoms with Gasteiger partial charge in [-0.15, -0.1) is 0 Å². The molecule has 1 N–H and O–H groups in total. The van der Waals surface area contributed by atoms with E-state index >= 15 is 0 Å². The van der Waals surface area contributed by atoms with E-state index in [0.717, 1.165) is 30.9 Å². The Morgan fingerprint density at radius 3 is 2.48 bits per heavy atom. The van der Waals surface area contributed by atoms with Crippen LogP contribution in [0.15, 0.2) is 18.2 Å². The number of aryl methyl sites for hydroxylation is 1. The number of carbonyl (C=O) groups excluding carboxylic acids is 1. The van der Waals surface area contributed by atoms with Crippen LogP contribution >= 0.6 is 0 Å². The first-order valence-electron chi connectivity index (χ1n) is 7.79. The summed E-state index contributed by atoms with van der Waals surface area (Å²) in [5.74, 6) is 0.137. The molecule has 1 aromatic carbocycles. The van der Waals surface area contributed by atoms with Crippen molar-refractivity contribution in [1.29, 1.82) is 0 Å². The molecular formula is C17H27N3O. The summed E-state index contributed by atoms with van der Waals surface area (Å²) in [5.41, 5.74) is 2.90. The third kappa shape index (κ3) is 3.38. The SMILES string of the molecule is CCNc1cc(C)ccc1C(=O)N1CC(C)N(C)C(C)C1. The van der Waals surface area contributed by atoms with Crippen LogP contribution in [-0.2, 0) is 0 Å². The highest BCUT2D eigenvalue weighted by Gasteiger charge is 2.30. The smallest absolute Gasteiger partial charge is 0.256 e. The molecular weight excluding hydrogens is 262 g/mol. The van der Waals surface area contributed by atoms with Crippen LogP contribution in [-0.4, -0.2) is 54.5 Å². The lowest BCUT2D eigenvalue weighted by Gasteiger charge is -2.42. The Morgan fingerprint density at radius 1 is 1.29 bits per heavy atom. The van der Waals surface area contributed by atoms with Gasteiger partial charge in [0.05, 0.1) is 5.56 Å². The largest absolute Gasteiger partial charge is 0.385 e. The van der Waals surface area contributed by atoms with Crippen molar-refractivity contribution in [3.63, 3.8) is 0 Å². The lowest BCUT2D eigenvalue weighted by molar-refractivity contribution is 0.0415. The van der Waals surface area contributed by atoms with Gasteiger partial charge in [0.2, 0.25) is 0 Å². The number of nitrogens with one attached hydrogen (secondary N) is 1. The number of amides is 1. The summed E-state index contributed by atoms with van der Waals surface area (Å²) in [5, 5.41) is 3.31. The summed E-state index contributed by atoms with van der Waals surface area (Å²) in [6.45, 7) is 10.9. The van der Waals surface area contributed by atoms with Gasteiger partial charge in [0.1, 0.15) is 0 Å². The molecule has 2 rings (SSSR count). The van der Waals surface area contributed by atoms with E-state index in [9.17, 15) is 4.79 Å². The van der Waals surface area contributed by atoms with Crippen LogP contribution < -0.4 is 5.32 Å². The average Bonchev–Trinajstić information content (AvgIpc) is 2.44. The molecule has 0 saturated carbocycles. The molecule has 1 heterocycles. The molecule has 1 fully saturated rings. The molecule has 116 valence electrons. The maximum absolute atomic E-state index is 12.9. The molecule has 1 aliphatic rings. The lowest BCUT2D eigenvalue weighted by atomic mass is 10.0. The van der Waals surface area contributed by atoms with Crippen molar-refractivity contribution in [1.82, 2.24) is 9.80 Å². The van der Waals surface area contributed by atoms with Crippen LogP contribution in [0.3, 0.4) is 0 Å². The fraction of sp³-hybridized carbons (Fsp3) is 0.588. The number of carbonyl (C=O) groups is 1. The minimum Gasteiger partial charge on any atom is -0.385 e. The molecule has 2 atom stereocenters. The van der Waals surface area contributed by atoms with E-state index in [1.807, 2.05) is 17.0 Å². The highest BCUT2D eigenvalue weighted by Crippen LogP contribution is 2.22. The minimum absolute atomic E-state index is 0.137. The molecule has 1 amide bonds. The highest BCUT2D eigenvalue weighted by molar-refractivity contribution is 5.99. The third-order valence-corrected chi connectivity index (χ3v) is 4.42. The zero-order valence-corrected chi connectivity index (χ0v) is 13.8. The summed E-state index contributed by atoms with van der Waals surface area (Å²) < 4.78 is 0. The number of piperazine rings is 1. The lowest BCUT2D eigenvalue weighted by Crippen LogP contribution is -2.56. The molecule has 2 unspecified atom stereocenters. The number of hydrogen-bond donors (Lipinski definition) is 1. The molecule has 1 saturated heterocycles. The van der Waals surface area contributed by atoms with Crippen LogP contribution in [0.2, 0.25) is 0 Å². The Kier molecular flexibility index (Phi) is 4.88. The number of rotatable bonds is 3. The van der Waals surface area contributed by atoms with E-state index in [0.29, 0.717) is 12.1 Å². The second-order valence-electron chi connectivity index (χ2n) is 6.15. The molecule has 4 nitrogen and oxygen atoms in total. The topological polar surface area (TPSA) is 35.6 Å². The molecule has 0 aromatic heterocycles. The van der Waals surface area contributed by atoms with E-state index < -0.39 is 0 Å². The first-order chi connectivity index (χ1) is 9.93. The Balaban J connectivity index is 2.24. The minimum atomic E-state index is 0.137. The van der Waals surface area contributed by atoms with Crippen molar-refractivity contribution in [3.05, 3.63) is 29.3 Å². The van der Waals surface area contributed by atoms with Crippen molar-refractivity contribution < 1.29 is 4.79 Å². The predicted molar refractivity (Wildman–Crippen MR) is 87.9 cm³/mol. The molecule has 1 aromatic rings. The molecule has 0 aliphatic carbocycles. The number of hydrogen-bond acceptors (Lipinski definition) is 3. The van der Waals surface area contributed by atoms with Gasteiger partial charge in [-0.25, -0.2) is 0 Å². The van der Waals surface area contributed by atoms with E-state index in [2.05, 4.69) is 51.0 Å². The fourth-order valence-corrected chi connectivity index (χ4v) is 2.92. The van der Waals surface area contributed by atoms with E-state index in [1.165, 1.54) is 5.56 Å². The van der Waals surface area contributed by atoms with E-state index in [-0.39, 0.29) is 5.91 Å². The molecule has 21 heavy (non-hydrogen) atoms. The normalized spacial score (nSPS) is 23.2. The Bertz CT molecular complexity index is 503. The van der Waals surface area contributed by atoms with E-state index in [1.54, 1.807) is 0 Å². The quantitative estimate of drug-likeness (QED) is 0.929. The summed E-state index contributed by atoms with van der Waals surface area (Å²) in [6.07, 6.45) is 0. The van der Waals surface area contributed by atoms with Crippen molar-refractivity contribution in [2.45, 2.75) is 39.8 Å². The Labute approximate surface area is 128 Å². The Morgan fingerprint density at radius 2 is 1.90 bits per heavy atom. The van der Waals surface area contributed by atoms with Crippen LogP contribution in [0.25, 0.3) is 0 Å². The van der Waals surface area contributed by atoms with Gasteiger partial charge in [0, 0.05) is 37.4 Å². The van der Waals surface area contributed by atoms with Crippen LogP contribution in [0.1, 0.15) is 36.7 Å². The third-order valence-electron chi connectivity index (χ3n) is 4.42. The maximum Gasteiger partial charge on any atom is 0.256 e. The van der Waals surface area contributed by atoms with Crippen LogP contribution in [0, 0.1) is 6.92 Å². The standard InChI is InChI=1S/C17H27N3O/c1-6-18-16-9-12(2)7-8-15(16)17(21)20-10-13(3)19(5)14(4)11-20/h7-9,13-14,18H,6,10-11H2,1-5H3. The second kappa shape index (κ2) is 6.48. The first-order valence-corrected chi connectivity index (χ1v) is 7.79. The zero-order chi connectivity index (χ0) is 15.6. The monoisotopic (exact) mass is 289 g/mol. The number of anilines is 1. The van der Waals surface area contributed by atoms with Crippen molar-refractivity contribution >= 4 is 11.6 Å². The van der Waals surface area contributed by atoms with Gasteiger partial charge >= 0.3 is 0 Å². The van der Waals surface area contributed by atoms with Gasteiger partial charge in [0.25, 0.3) is 5.91 Å². The zero-order valence-electron chi connectivity index (χ0n) is 13.8. The molecule has 0 radical (unpaired) electrons. The summed E-state index contributed by atoms with van der Waals surface area (Å²) in [7, 11) is 2.13. The van der Waals surface area contributed by atoms with Crippen LogP contribution in [0.5, 0.6) is 0 Å². The number of likely N-dealkylation sites (N-methyl/N-ethyl adjacent to an activating group) is 1. The van der Waals surface area contributed by atoms with Gasteiger partial charge in [-0.1, -0.05) is 6.07 Å². The molecule has 1 aliphatic heterocycles. The Hall–Kier alpha value is -1.55. The molecule has 0 bridgehead atoms. The predicted octanol–water partition coefficient (Wildman–Crippen LogP) is 2.59. The van der Waals surface area contributed by atoms with Gasteiger partial charge in [-0.3, -0.25) is 9.69 Å². The van der Waals surface area contributed by atoms with Gasteiger partial charge < -0.3 is 10.2 Å². The van der Waals surface area contributed by atoms with Crippen LogP contribution in [0.4, 0.5) is 5.69 Å². The highest BCUT2D eigenvalue weighted by atomic mass is 16.2. The summed E-state index contributed by atoms with van der Waals surface area (Å²) in [4.78, 5) is 17.2. The van der Waals surface area contributed by atoms with Gasteiger partial charge in [-0.2, -0.15) is 0 Å². The maximum atomic E-state index is 12.9. The fourth-order valence-electron chi connectivity index (χ4n) is 2.92. The summed E-state index contributed by atoms with van der Waals surface area (Å²) in [6, 6.07) is 6.80. The number of benzene rings is 1. The molecule has 4 heteroatoms. The summed E-state index contributed by atoms with van der Waals surface area (Å²) >= 11 is 0. The van der Waals surface area contributed by atoms with Gasteiger partial charge in [0.15, 0.2) is 0 Å². The number of nitrogens with zero attached hydrogens (tertiary/aromatic N) is 2.